The van der Waals surface area contributed by atoms with Crippen LogP contribution >= 0.6 is 11.3 Å². The van der Waals surface area contributed by atoms with Crippen LogP contribution in [-0.2, 0) is 4.79 Å². The molecule has 0 saturated carbocycles. The maximum Gasteiger partial charge on any atom is 0.271 e. The van der Waals surface area contributed by atoms with E-state index in [0.29, 0.717) is 75.5 Å². The molecule has 2 aromatic carbocycles. The van der Waals surface area contributed by atoms with Gasteiger partial charge in [0.1, 0.15) is 24.1 Å². The summed E-state index contributed by atoms with van der Waals surface area (Å²) < 4.78 is 24.8. The lowest BCUT2D eigenvalue weighted by atomic mass is 9.93. The Balaban J connectivity index is 1.95. The monoisotopic (exact) mass is 591 g/mol. The van der Waals surface area contributed by atoms with E-state index in [1.807, 2.05) is 52.0 Å². The zero-order valence-electron chi connectivity index (χ0n) is 24.9. The molecular weight excluding hydrogens is 554 g/mol. The Kier molecular flexibility index (Phi) is 9.90. The number of nitrogens with zero attached hydrogens (tertiary/aromatic N) is 3. The summed E-state index contributed by atoms with van der Waals surface area (Å²) in [6, 6.07) is 10.1. The average molecular weight is 592 g/mol. The van der Waals surface area contributed by atoms with E-state index in [4.69, 9.17) is 23.9 Å². The van der Waals surface area contributed by atoms with Crippen LogP contribution in [0.5, 0.6) is 23.0 Å². The molecule has 0 aliphatic carbocycles. The van der Waals surface area contributed by atoms with Crippen LogP contribution in [0.25, 0.3) is 6.08 Å². The number of hydrogen-bond acceptors (Lipinski definition) is 8. The third-order valence-electron chi connectivity index (χ3n) is 6.96. The van der Waals surface area contributed by atoms with Crippen molar-refractivity contribution >= 4 is 23.3 Å². The third kappa shape index (κ3) is 5.99. The zero-order chi connectivity index (χ0) is 30.4. The first-order valence-corrected chi connectivity index (χ1v) is 14.7. The number of carbonyl (C=O) groups is 1. The van der Waals surface area contributed by atoms with Crippen molar-refractivity contribution in [2.75, 3.05) is 40.5 Å². The van der Waals surface area contributed by atoms with Gasteiger partial charge in [0.2, 0.25) is 0 Å². The summed E-state index contributed by atoms with van der Waals surface area (Å²) in [6.45, 7) is 13.1. The molecule has 42 heavy (non-hydrogen) atoms. The summed E-state index contributed by atoms with van der Waals surface area (Å²) in [6.07, 6.45) is 3.47. The van der Waals surface area contributed by atoms with E-state index in [2.05, 4.69) is 6.58 Å². The fourth-order valence-corrected chi connectivity index (χ4v) is 5.97. The van der Waals surface area contributed by atoms with Crippen molar-refractivity contribution in [1.82, 2.24) is 9.47 Å². The molecule has 0 bridgehead atoms. The first-order chi connectivity index (χ1) is 20.3. The van der Waals surface area contributed by atoms with Gasteiger partial charge in [0.05, 0.1) is 36.6 Å². The Morgan fingerprint density at radius 3 is 2.43 bits per heavy atom. The molecule has 0 unspecified atom stereocenters. The number of likely N-dealkylation sites (N-methyl/N-ethyl adjacent to an activating group) is 1. The van der Waals surface area contributed by atoms with Crippen LogP contribution in [0, 0.1) is 0 Å². The standard InChI is InChI=1S/C32H37N3O6S/c1-8-16-41-25-14-12-21(17-26(25)40-11-4)18-27-30(36)35-29(23-19-22(38-6)13-15-24(23)39-7)28(20(5)33-32(35)42-27)31(37)34(9-2)10-3/h8,12-15,17-19,29H,1,9-11,16H2,2-7H3/b27-18+/t29-/m1/s1. The van der Waals surface area contributed by atoms with Gasteiger partial charge >= 0.3 is 0 Å². The fourth-order valence-electron chi connectivity index (χ4n) is 4.93. The number of aromatic nitrogens is 1. The van der Waals surface area contributed by atoms with Gasteiger partial charge < -0.3 is 23.8 Å². The largest absolute Gasteiger partial charge is 0.497 e. The van der Waals surface area contributed by atoms with Crippen LogP contribution in [0.2, 0.25) is 0 Å². The van der Waals surface area contributed by atoms with Crippen LogP contribution in [0.15, 0.2) is 70.1 Å². The summed E-state index contributed by atoms with van der Waals surface area (Å²) >= 11 is 1.27. The van der Waals surface area contributed by atoms with E-state index in [-0.39, 0.29) is 11.5 Å². The van der Waals surface area contributed by atoms with Gasteiger partial charge in [-0.25, -0.2) is 4.99 Å². The number of methoxy groups -OCH3 is 2. The van der Waals surface area contributed by atoms with Crippen LogP contribution in [0.3, 0.4) is 0 Å². The van der Waals surface area contributed by atoms with Gasteiger partial charge in [-0.05, 0) is 69.7 Å². The summed E-state index contributed by atoms with van der Waals surface area (Å²) in [5.74, 6) is 2.10. The van der Waals surface area contributed by atoms with E-state index in [1.165, 1.54) is 11.3 Å². The quantitative estimate of drug-likeness (QED) is 0.295. The van der Waals surface area contributed by atoms with Crippen molar-refractivity contribution in [1.29, 1.82) is 0 Å². The number of hydrogen-bond donors (Lipinski definition) is 0. The van der Waals surface area contributed by atoms with E-state index in [9.17, 15) is 9.59 Å². The van der Waals surface area contributed by atoms with Crippen molar-refractivity contribution in [3.63, 3.8) is 0 Å². The molecule has 2 heterocycles. The Morgan fingerprint density at radius 2 is 1.79 bits per heavy atom. The Morgan fingerprint density at radius 1 is 1.05 bits per heavy atom. The highest BCUT2D eigenvalue weighted by atomic mass is 32.1. The second kappa shape index (κ2) is 13.6. The predicted octanol–water partition coefficient (Wildman–Crippen LogP) is 4.08. The first-order valence-electron chi connectivity index (χ1n) is 13.9. The molecule has 1 amide bonds. The molecule has 1 aromatic heterocycles. The first kappa shape index (κ1) is 30.6. The Hall–Kier alpha value is -4.31. The number of ether oxygens (including phenoxy) is 4. The zero-order valence-corrected chi connectivity index (χ0v) is 25.7. The number of carbonyl (C=O) groups excluding carboxylic acids is 1. The number of fused-ring (bicyclic) bond motifs is 1. The lowest BCUT2D eigenvalue weighted by molar-refractivity contribution is -0.127. The van der Waals surface area contributed by atoms with Crippen molar-refractivity contribution in [3.8, 4) is 23.0 Å². The van der Waals surface area contributed by atoms with Gasteiger partial charge in [0.25, 0.3) is 11.5 Å². The second-order valence-corrected chi connectivity index (χ2v) is 10.4. The molecule has 0 spiro atoms. The lowest BCUT2D eigenvalue weighted by Crippen LogP contribution is -2.43. The number of thiazole rings is 1. The molecular formula is C32H37N3O6S. The molecule has 4 rings (SSSR count). The van der Waals surface area contributed by atoms with Gasteiger partial charge in [0.15, 0.2) is 16.3 Å². The normalized spacial score (nSPS) is 14.6. The molecule has 1 atom stereocenters. The maximum absolute atomic E-state index is 14.2. The summed E-state index contributed by atoms with van der Waals surface area (Å²) in [5, 5.41) is 0. The average Bonchev–Trinajstić information content (AvgIpc) is 3.30. The topological polar surface area (TPSA) is 91.6 Å². The molecule has 0 saturated heterocycles. The van der Waals surface area contributed by atoms with E-state index in [0.717, 1.165) is 5.56 Å². The smallest absolute Gasteiger partial charge is 0.271 e. The van der Waals surface area contributed by atoms with E-state index < -0.39 is 6.04 Å². The van der Waals surface area contributed by atoms with Gasteiger partial charge in [-0.15, -0.1) is 0 Å². The molecule has 0 radical (unpaired) electrons. The maximum atomic E-state index is 14.2. The van der Waals surface area contributed by atoms with Gasteiger partial charge in [-0.3, -0.25) is 14.2 Å². The van der Waals surface area contributed by atoms with Gasteiger partial charge in [0, 0.05) is 18.7 Å². The Bertz CT molecular complexity index is 1680. The summed E-state index contributed by atoms with van der Waals surface area (Å²) in [5.41, 5.74) is 2.11. The molecule has 222 valence electrons. The third-order valence-corrected chi connectivity index (χ3v) is 7.94. The van der Waals surface area contributed by atoms with Crippen molar-refractivity contribution < 1.29 is 23.7 Å². The SMILES string of the molecule is C=CCOc1ccc(/C=c2/sc3n(c2=O)[C@H](c2cc(OC)ccc2OC)C(C(=O)N(CC)CC)=C(C)N=3)cc1OCC. The second-order valence-electron chi connectivity index (χ2n) is 9.41. The van der Waals surface area contributed by atoms with E-state index in [1.54, 1.807) is 48.0 Å². The van der Waals surface area contributed by atoms with Gasteiger partial charge in [-0.2, -0.15) is 0 Å². The number of rotatable bonds is 12. The number of amides is 1. The van der Waals surface area contributed by atoms with Crippen LogP contribution < -0.4 is 33.8 Å². The molecule has 0 fully saturated rings. The number of benzene rings is 2. The molecule has 3 aromatic rings. The molecule has 10 heteroatoms. The summed E-state index contributed by atoms with van der Waals surface area (Å²) in [7, 11) is 3.14. The highest BCUT2D eigenvalue weighted by Gasteiger charge is 2.36. The number of allylic oxidation sites excluding steroid dienone is 1. The molecule has 9 nitrogen and oxygen atoms in total. The highest BCUT2D eigenvalue weighted by molar-refractivity contribution is 7.07. The van der Waals surface area contributed by atoms with Crippen LogP contribution in [-0.4, -0.2) is 55.9 Å². The van der Waals surface area contributed by atoms with Crippen LogP contribution in [0.1, 0.15) is 44.9 Å². The Labute approximate surface area is 249 Å². The van der Waals surface area contributed by atoms with Crippen molar-refractivity contribution in [2.24, 2.45) is 4.99 Å². The van der Waals surface area contributed by atoms with E-state index >= 15 is 0 Å². The van der Waals surface area contributed by atoms with Crippen LogP contribution in [0.4, 0.5) is 0 Å². The molecule has 1 aliphatic heterocycles. The minimum Gasteiger partial charge on any atom is -0.497 e. The molecule has 1 aliphatic rings. The molecule has 0 N–H and O–H groups in total. The fraction of sp³-hybridized carbons (Fsp3) is 0.344. The lowest BCUT2D eigenvalue weighted by Gasteiger charge is -2.30. The summed E-state index contributed by atoms with van der Waals surface area (Å²) in [4.78, 5) is 35.1. The highest BCUT2D eigenvalue weighted by Crippen LogP contribution is 2.38. The van der Waals surface area contributed by atoms with Crippen molar-refractivity contribution in [3.05, 3.63) is 91.1 Å². The van der Waals surface area contributed by atoms with Crippen molar-refractivity contribution in [2.45, 2.75) is 33.7 Å². The van der Waals surface area contributed by atoms with Gasteiger partial charge in [-0.1, -0.05) is 30.1 Å². The predicted molar refractivity (Wildman–Crippen MR) is 165 cm³/mol. The minimum atomic E-state index is -0.768. The minimum absolute atomic E-state index is 0.179.